The minimum Gasteiger partial charge on any atom is -0.452 e. The van der Waals surface area contributed by atoms with Crippen molar-refractivity contribution >= 4 is 44.1 Å². The van der Waals surface area contributed by atoms with E-state index in [1.165, 1.54) is 10.8 Å². The summed E-state index contributed by atoms with van der Waals surface area (Å²) < 4.78 is 41.8. The molecular weight excluding hydrogens is 1040 g/mol. The molecule has 0 spiro atoms. The molecule has 0 aromatic carbocycles. The number of rotatable bonds is 20. The summed E-state index contributed by atoms with van der Waals surface area (Å²) in [4.78, 5) is 80.5. The number of hydrogen-bond donors (Lipinski definition) is 6. The Kier molecular flexibility index (Phi) is 26.0. The molecule has 2 unspecified atom stereocenters. The molecule has 79 heavy (non-hydrogen) atoms. The lowest BCUT2D eigenvalue weighted by atomic mass is 10.0. The molecule has 2 aliphatic heterocycles. The number of aromatic nitrogens is 4. The summed E-state index contributed by atoms with van der Waals surface area (Å²) in [6, 6.07) is 0. The topological polar surface area (TPSA) is 319 Å². The van der Waals surface area contributed by atoms with Gasteiger partial charge >= 0.3 is 35.5 Å². The first-order chi connectivity index (χ1) is 36.7. The van der Waals surface area contributed by atoms with Crippen molar-refractivity contribution < 1.29 is 62.2 Å². The minimum atomic E-state index is -2.04. The fourth-order valence-corrected chi connectivity index (χ4v) is 9.05. The molecule has 4 heterocycles. The van der Waals surface area contributed by atoms with E-state index in [-0.39, 0.29) is 78.5 Å². The Hall–Kier alpha value is -6.02. The summed E-state index contributed by atoms with van der Waals surface area (Å²) in [5, 5.41) is 24.6. The standard InChI is InChI=1S/C31H52N4O7Si.C24H36N4O8/c1-11-23-24(42-43(9,10)31(6,7)8)19-25(40-23)35-20-22(26(32)34-28(35)37)16-14-18-39-27(36)21(2)15-12-13-17-33-29(38)41-30(3,4)5;1-15(8-5-6-10-26-23(33)36-24(2,3)4)21(31)34-11-7-9-16-13-28(22(32)27-20(16)25)19-12-17(30)18(14-29)35-19/h20-21,23-25H,11-13,15,17-19H2,1-10H3,(H,33,38)(H2,32,34,37);13,15,17-19,29-30H,5-6,8,10-12,14H2,1-4H3,(H,26,33)(H2,25,27,32)/t21?,23-,24-,25-;15?,17-,18-,19-/m11/s1. The predicted molar refractivity (Wildman–Crippen MR) is 299 cm³/mol. The third kappa shape index (κ3) is 22.9. The Balaban J connectivity index is 0.000000422. The van der Waals surface area contributed by atoms with Gasteiger partial charge in [-0.05, 0) is 91.8 Å². The number of nitrogen functional groups attached to an aromatic ring is 2. The van der Waals surface area contributed by atoms with Crippen molar-refractivity contribution in [2.45, 2.75) is 207 Å². The van der Waals surface area contributed by atoms with E-state index in [1.807, 2.05) is 27.7 Å². The van der Waals surface area contributed by atoms with E-state index in [2.05, 4.69) is 78.1 Å². The van der Waals surface area contributed by atoms with E-state index in [9.17, 15) is 39.0 Å². The molecule has 2 aliphatic rings. The van der Waals surface area contributed by atoms with Crippen molar-refractivity contribution in [3.8, 4) is 23.7 Å². The Morgan fingerprint density at radius 3 is 1.53 bits per heavy atom. The number of carbonyl (C=O) groups excluding carboxylic acids is 4. The highest BCUT2D eigenvalue weighted by molar-refractivity contribution is 6.74. The molecule has 2 amide bonds. The second-order valence-corrected chi connectivity index (χ2v) is 28.0. The van der Waals surface area contributed by atoms with Crippen LogP contribution in [-0.2, 0) is 42.4 Å². The average Bonchev–Trinajstić information content (AvgIpc) is 3.93. The first-order valence-corrected chi connectivity index (χ1v) is 30.0. The fraction of sp³-hybridized carbons (Fsp3) is 0.709. The highest BCUT2D eigenvalue weighted by Gasteiger charge is 2.45. The Labute approximate surface area is 466 Å². The third-order valence-corrected chi connectivity index (χ3v) is 17.6. The van der Waals surface area contributed by atoms with E-state index < -0.39 is 73.7 Å². The SMILES string of the molecule is CC(CCCCNC(=O)OC(C)(C)C)C(=O)OCC#Cc1cn([C@H]2C[C@@H](O)[C@@H](CO)O2)c(=O)nc1N.CC[C@H]1O[C@@H](n2cc(C#CCOC(=O)C(C)CCCCNC(=O)OC(C)(C)C)c(N)nc2=O)C[C@H]1O[Si](C)(C)C(C)(C)C. The van der Waals surface area contributed by atoms with Crippen molar-refractivity contribution in [3.63, 3.8) is 0 Å². The fourth-order valence-electron chi connectivity index (χ4n) is 7.69. The zero-order valence-corrected chi connectivity index (χ0v) is 49.8. The van der Waals surface area contributed by atoms with Gasteiger partial charge in [0.2, 0.25) is 0 Å². The first-order valence-electron chi connectivity index (χ1n) is 27.0. The molecule has 0 aliphatic carbocycles. The van der Waals surface area contributed by atoms with E-state index >= 15 is 0 Å². The van der Waals surface area contributed by atoms with E-state index in [1.54, 1.807) is 40.8 Å². The highest BCUT2D eigenvalue weighted by Crippen LogP contribution is 2.41. The molecule has 8 N–H and O–H groups in total. The summed E-state index contributed by atoms with van der Waals surface area (Å²) in [5.41, 5.74) is 10.1. The van der Waals surface area contributed by atoms with E-state index in [4.69, 9.17) is 44.3 Å². The van der Waals surface area contributed by atoms with Gasteiger partial charge in [0.1, 0.15) is 41.4 Å². The van der Waals surface area contributed by atoms with Crippen molar-refractivity contribution in [1.82, 2.24) is 29.7 Å². The van der Waals surface area contributed by atoms with E-state index in [0.717, 1.165) is 23.8 Å². The van der Waals surface area contributed by atoms with Crippen LogP contribution >= 0.6 is 0 Å². The van der Waals surface area contributed by atoms with Gasteiger partial charge in [-0.3, -0.25) is 18.7 Å². The van der Waals surface area contributed by atoms with Crippen LogP contribution in [0.4, 0.5) is 21.2 Å². The number of anilines is 2. The average molecular weight is 1130 g/mol. The number of unbranched alkanes of at least 4 members (excludes halogenated alkanes) is 2. The van der Waals surface area contributed by atoms with Crippen LogP contribution in [-0.4, -0.2) is 130 Å². The van der Waals surface area contributed by atoms with Gasteiger partial charge in [-0.25, -0.2) is 19.2 Å². The number of nitrogens with zero attached hydrogens (tertiary/aromatic N) is 4. The van der Waals surface area contributed by atoms with Crippen LogP contribution in [0.25, 0.3) is 0 Å². The number of aliphatic hydroxyl groups excluding tert-OH is 2. The predicted octanol–water partition coefficient (Wildman–Crippen LogP) is 5.83. The van der Waals surface area contributed by atoms with Gasteiger partial charge in [-0.1, -0.05) is 78.1 Å². The Bertz CT molecular complexity index is 2600. The molecule has 23 nitrogen and oxygen atoms in total. The number of hydrogen-bond acceptors (Lipinski definition) is 19. The number of nitrogens with one attached hydrogen (secondary N) is 2. The number of aliphatic hydroxyl groups is 2. The van der Waals surface area contributed by atoms with Crippen molar-refractivity contribution in [2.24, 2.45) is 11.8 Å². The molecule has 2 aromatic heterocycles. The molecule has 8 atom stereocenters. The van der Waals surface area contributed by atoms with Crippen molar-refractivity contribution in [2.75, 3.05) is 44.4 Å². The van der Waals surface area contributed by atoms with Crippen LogP contribution in [0.5, 0.6) is 0 Å². The molecular formula is C55H88N8O15Si. The maximum Gasteiger partial charge on any atom is 0.407 e. The molecule has 2 saturated heterocycles. The van der Waals surface area contributed by atoms with Crippen LogP contribution in [0.15, 0.2) is 22.0 Å². The third-order valence-electron chi connectivity index (χ3n) is 13.1. The zero-order chi connectivity index (χ0) is 59.5. The molecule has 0 bridgehead atoms. The second-order valence-electron chi connectivity index (χ2n) is 23.2. The smallest absolute Gasteiger partial charge is 0.407 e. The lowest BCUT2D eigenvalue weighted by Gasteiger charge is -2.39. The molecule has 2 fully saturated rings. The molecule has 2 aromatic rings. The van der Waals surface area contributed by atoms with Gasteiger partial charge in [0, 0.05) is 38.3 Å². The quantitative estimate of drug-likeness (QED) is 0.0298. The Morgan fingerprint density at radius 2 is 1.15 bits per heavy atom. The summed E-state index contributed by atoms with van der Waals surface area (Å²) in [6.45, 7) is 27.6. The van der Waals surface area contributed by atoms with Gasteiger partial charge in [-0.2, -0.15) is 9.97 Å². The maximum absolute atomic E-state index is 12.8. The monoisotopic (exact) mass is 1130 g/mol. The highest BCUT2D eigenvalue weighted by atomic mass is 28.4. The number of amides is 2. The largest absolute Gasteiger partial charge is 0.452 e. The van der Waals surface area contributed by atoms with E-state index in [0.29, 0.717) is 50.8 Å². The minimum absolute atomic E-state index is 0.00699. The number of esters is 2. The first kappa shape index (κ1) is 67.3. The van der Waals surface area contributed by atoms with Gasteiger partial charge in [0.05, 0.1) is 47.9 Å². The van der Waals surface area contributed by atoms with Crippen LogP contribution in [0, 0.1) is 35.5 Å². The van der Waals surface area contributed by atoms with Crippen molar-refractivity contribution in [3.05, 3.63) is 44.5 Å². The number of alkyl carbamates (subject to hydrolysis) is 2. The van der Waals surface area contributed by atoms with Gasteiger partial charge in [0.15, 0.2) is 21.5 Å². The molecule has 0 saturated carbocycles. The Morgan fingerprint density at radius 1 is 0.734 bits per heavy atom. The van der Waals surface area contributed by atoms with Crippen molar-refractivity contribution in [1.29, 1.82) is 0 Å². The van der Waals surface area contributed by atoms with Crippen LogP contribution in [0.3, 0.4) is 0 Å². The summed E-state index contributed by atoms with van der Waals surface area (Å²) in [7, 11) is -2.04. The number of carbonyl (C=O) groups is 4. The molecule has 24 heteroatoms. The zero-order valence-electron chi connectivity index (χ0n) is 48.8. The summed E-state index contributed by atoms with van der Waals surface area (Å²) in [6.07, 6.45) is 4.13. The number of ether oxygens (including phenoxy) is 6. The molecule has 0 radical (unpaired) electrons. The second kappa shape index (κ2) is 30.5. The van der Waals surface area contributed by atoms with Crippen LogP contribution in [0.1, 0.15) is 164 Å². The normalized spacial score (nSPS) is 19.9. The molecule has 4 rings (SSSR count). The lowest BCUT2D eigenvalue weighted by Crippen LogP contribution is -2.45. The van der Waals surface area contributed by atoms with Gasteiger partial charge in [0.25, 0.3) is 0 Å². The van der Waals surface area contributed by atoms with Crippen LogP contribution < -0.4 is 33.5 Å². The van der Waals surface area contributed by atoms with Gasteiger partial charge in [-0.15, -0.1) is 0 Å². The summed E-state index contributed by atoms with van der Waals surface area (Å²) >= 11 is 0. The summed E-state index contributed by atoms with van der Waals surface area (Å²) in [5.74, 6) is 9.59. The number of nitrogens with two attached hydrogens (primary N) is 2. The van der Waals surface area contributed by atoms with Crippen LogP contribution in [0.2, 0.25) is 18.1 Å². The van der Waals surface area contributed by atoms with Gasteiger partial charge < -0.3 is 65.2 Å². The molecule has 442 valence electrons. The lowest BCUT2D eigenvalue weighted by molar-refractivity contribution is -0.147. The maximum atomic E-state index is 12.8.